The van der Waals surface area contributed by atoms with Crippen LogP contribution in [0.15, 0.2) is 218 Å². The molecule has 0 radical (unpaired) electrons. The van der Waals surface area contributed by atoms with Crippen molar-refractivity contribution in [1.29, 1.82) is 0 Å². The molecule has 0 unspecified atom stereocenters. The van der Waals surface area contributed by atoms with Crippen molar-refractivity contribution in [3.05, 3.63) is 218 Å². The van der Waals surface area contributed by atoms with Gasteiger partial charge in [-0.2, -0.15) is 0 Å². The van der Waals surface area contributed by atoms with Gasteiger partial charge in [0, 0.05) is 33.5 Å². The molecule has 11 rings (SSSR count). The van der Waals surface area contributed by atoms with E-state index in [-0.39, 0.29) is 0 Å². The van der Waals surface area contributed by atoms with Crippen LogP contribution in [-0.2, 0) is 0 Å². The van der Waals surface area contributed by atoms with E-state index >= 15 is 0 Å². The lowest BCUT2D eigenvalue weighted by atomic mass is 9.97. The highest BCUT2D eigenvalue weighted by Gasteiger charge is 2.19. The second kappa shape index (κ2) is 13.2. The van der Waals surface area contributed by atoms with Gasteiger partial charge in [0.05, 0.1) is 11.0 Å². The monoisotopic (exact) mass is 712 g/mol. The van der Waals surface area contributed by atoms with E-state index in [0.29, 0.717) is 0 Å². The van der Waals surface area contributed by atoms with Crippen LogP contribution in [0, 0.1) is 0 Å². The molecule has 11 aromatic rings. The summed E-state index contributed by atoms with van der Waals surface area (Å²) in [7, 11) is 0. The van der Waals surface area contributed by atoms with Crippen LogP contribution in [0.4, 0.5) is 17.1 Å². The van der Waals surface area contributed by atoms with E-state index in [0.717, 1.165) is 22.7 Å². The Morgan fingerprint density at radius 1 is 0.304 bits per heavy atom. The van der Waals surface area contributed by atoms with Gasteiger partial charge in [-0.25, -0.2) is 0 Å². The third kappa shape index (κ3) is 5.26. The fourth-order valence-corrected chi connectivity index (χ4v) is 8.78. The third-order valence-electron chi connectivity index (χ3n) is 11.3. The summed E-state index contributed by atoms with van der Waals surface area (Å²) in [4.78, 5) is 2.40. The molecule has 2 heteroatoms. The zero-order valence-corrected chi connectivity index (χ0v) is 30.7. The molecular formula is C54H36N2. The topological polar surface area (TPSA) is 8.17 Å². The standard InChI is InChI=1S/C54H36N2/c1-2-17-42(18-3-1)56-52-25-9-8-22-51(52)54-50(24-12-26-53(54)56)40-16-10-19-44(35-40)55(45-33-34-49-41(36-45)28-27-38-14-5-7-21-47(38)49)43-31-29-39(30-32-43)48-23-11-15-37-13-4-6-20-46(37)48/h1-36H. The molecule has 0 N–H and O–H groups in total. The smallest absolute Gasteiger partial charge is 0.0547 e. The van der Waals surface area contributed by atoms with Crippen LogP contribution in [0.3, 0.4) is 0 Å². The molecule has 0 saturated carbocycles. The lowest BCUT2D eigenvalue weighted by Gasteiger charge is -2.27. The van der Waals surface area contributed by atoms with Crippen molar-refractivity contribution in [2.24, 2.45) is 0 Å². The van der Waals surface area contributed by atoms with Gasteiger partial charge in [0.25, 0.3) is 0 Å². The van der Waals surface area contributed by atoms with E-state index in [9.17, 15) is 0 Å². The Hall–Kier alpha value is -7.42. The average Bonchev–Trinajstić information content (AvgIpc) is 3.61. The van der Waals surface area contributed by atoms with Gasteiger partial charge in [-0.15, -0.1) is 0 Å². The van der Waals surface area contributed by atoms with Gasteiger partial charge >= 0.3 is 0 Å². The number of hydrogen-bond acceptors (Lipinski definition) is 1. The summed E-state index contributed by atoms with van der Waals surface area (Å²) < 4.78 is 2.39. The number of nitrogens with zero attached hydrogens (tertiary/aromatic N) is 2. The fraction of sp³-hybridized carbons (Fsp3) is 0. The van der Waals surface area contributed by atoms with Crippen LogP contribution in [0.1, 0.15) is 0 Å². The number of hydrogen-bond donors (Lipinski definition) is 0. The van der Waals surface area contributed by atoms with Gasteiger partial charge in [-0.05, 0) is 115 Å². The van der Waals surface area contributed by atoms with Crippen molar-refractivity contribution in [2.75, 3.05) is 4.90 Å². The average molecular weight is 713 g/mol. The minimum absolute atomic E-state index is 1.10. The second-order valence-corrected chi connectivity index (χ2v) is 14.5. The SMILES string of the molecule is c1ccc(-n2c3ccccc3c3c(-c4cccc(N(c5ccc(-c6cccc7ccccc67)cc5)c5ccc6c(ccc7ccccc76)c5)c4)cccc32)cc1. The molecule has 56 heavy (non-hydrogen) atoms. The van der Waals surface area contributed by atoms with E-state index in [1.807, 2.05) is 0 Å². The van der Waals surface area contributed by atoms with Crippen molar-refractivity contribution in [1.82, 2.24) is 4.57 Å². The van der Waals surface area contributed by atoms with E-state index in [1.165, 1.54) is 76.4 Å². The molecule has 1 aromatic heterocycles. The zero-order chi connectivity index (χ0) is 37.0. The minimum Gasteiger partial charge on any atom is -0.310 e. The normalized spacial score (nSPS) is 11.6. The Morgan fingerprint density at radius 2 is 0.893 bits per heavy atom. The second-order valence-electron chi connectivity index (χ2n) is 14.5. The highest BCUT2D eigenvalue weighted by atomic mass is 15.1. The Balaban J connectivity index is 1.09. The summed E-state index contributed by atoms with van der Waals surface area (Å²) in [6.45, 7) is 0. The van der Waals surface area contributed by atoms with Crippen molar-refractivity contribution in [3.8, 4) is 27.9 Å². The summed E-state index contributed by atoms with van der Waals surface area (Å²) in [5.41, 5.74) is 11.7. The van der Waals surface area contributed by atoms with Crippen LogP contribution >= 0.6 is 0 Å². The predicted octanol–water partition coefficient (Wildman–Crippen LogP) is 15.0. The van der Waals surface area contributed by atoms with Crippen LogP contribution in [-0.4, -0.2) is 4.57 Å². The lowest BCUT2D eigenvalue weighted by Crippen LogP contribution is -2.10. The predicted molar refractivity (Wildman–Crippen MR) is 239 cm³/mol. The van der Waals surface area contributed by atoms with Crippen LogP contribution in [0.5, 0.6) is 0 Å². The van der Waals surface area contributed by atoms with E-state index in [1.54, 1.807) is 0 Å². The van der Waals surface area contributed by atoms with Crippen LogP contribution < -0.4 is 4.90 Å². The molecule has 0 saturated heterocycles. The molecule has 0 bridgehead atoms. The third-order valence-corrected chi connectivity index (χ3v) is 11.3. The number of benzene rings is 10. The molecule has 0 aliphatic rings. The summed E-state index contributed by atoms with van der Waals surface area (Å²) >= 11 is 0. The summed E-state index contributed by atoms with van der Waals surface area (Å²) in [5.74, 6) is 0. The molecule has 0 spiro atoms. The van der Waals surface area contributed by atoms with Gasteiger partial charge in [0.1, 0.15) is 0 Å². The molecule has 262 valence electrons. The molecule has 0 fully saturated rings. The molecule has 0 aliphatic heterocycles. The van der Waals surface area contributed by atoms with Crippen LogP contribution in [0.2, 0.25) is 0 Å². The molecule has 0 amide bonds. The summed E-state index contributed by atoms with van der Waals surface area (Å²) in [6.07, 6.45) is 0. The number of anilines is 3. The highest BCUT2D eigenvalue weighted by Crippen LogP contribution is 2.43. The lowest BCUT2D eigenvalue weighted by molar-refractivity contribution is 1.18. The van der Waals surface area contributed by atoms with Crippen molar-refractivity contribution in [3.63, 3.8) is 0 Å². The van der Waals surface area contributed by atoms with Gasteiger partial charge < -0.3 is 9.47 Å². The number of para-hydroxylation sites is 2. The molecular weight excluding hydrogens is 677 g/mol. The highest BCUT2D eigenvalue weighted by molar-refractivity contribution is 6.16. The first-order chi connectivity index (χ1) is 27.8. The van der Waals surface area contributed by atoms with Gasteiger partial charge in [0.15, 0.2) is 0 Å². The van der Waals surface area contributed by atoms with Crippen molar-refractivity contribution >= 4 is 71.2 Å². The fourth-order valence-electron chi connectivity index (χ4n) is 8.78. The minimum atomic E-state index is 1.10. The number of rotatable bonds is 6. The van der Waals surface area contributed by atoms with E-state index in [4.69, 9.17) is 0 Å². The first-order valence-corrected chi connectivity index (χ1v) is 19.3. The summed E-state index contributed by atoms with van der Waals surface area (Å²) in [5, 5.41) is 10.0. The maximum Gasteiger partial charge on any atom is 0.0547 e. The Morgan fingerprint density at radius 3 is 1.75 bits per heavy atom. The van der Waals surface area contributed by atoms with Crippen LogP contribution in [0.25, 0.3) is 82.1 Å². The quantitative estimate of drug-likeness (QED) is 0.156. The molecule has 0 atom stereocenters. The molecule has 2 nitrogen and oxygen atoms in total. The molecule has 1 heterocycles. The van der Waals surface area contributed by atoms with Gasteiger partial charge in [-0.1, -0.05) is 158 Å². The number of fused-ring (bicyclic) bond motifs is 7. The molecule has 10 aromatic carbocycles. The first kappa shape index (κ1) is 32.0. The van der Waals surface area contributed by atoms with Crippen molar-refractivity contribution in [2.45, 2.75) is 0 Å². The van der Waals surface area contributed by atoms with Crippen molar-refractivity contribution < 1.29 is 0 Å². The molecule has 0 aliphatic carbocycles. The number of aromatic nitrogens is 1. The van der Waals surface area contributed by atoms with Gasteiger partial charge in [0.2, 0.25) is 0 Å². The van der Waals surface area contributed by atoms with E-state index < -0.39 is 0 Å². The first-order valence-electron chi connectivity index (χ1n) is 19.3. The van der Waals surface area contributed by atoms with Gasteiger partial charge in [-0.3, -0.25) is 0 Å². The maximum atomic E-state index is 2.40. The largest absolute Gasteiger partial charge is 0.310 e. The Labute approximate surface area is 325 Å². The Kier molecular flexibility index (Phi) is 7.53. The zero-order valence-electron chi connectivity index (χ0n) is 30.7. The maximum absolute atomic E-state index is 2.40. The summed E-state index contributed by atoms with van der Waals surface area (Å²) in [6, 6.07) is 79.5. The Bertz CT molecular complexity index is 3240. The van der Waals surface area contributed by atoms with E-state index in [2.05, 4.69) is 228 Å².